The summed E-state index contributed by atoms with van der Waals surface area (Å²) in [6.45, 7) is 1.11. The van der Waals surface area contributed by atoms with E-state index in [0.29, 0.717) is 36.5 Å². The number of fused-ring (bicyclic) bond motifs is 1. The molecule has 9 heteroatoms. The van der Waals surface area contributed by atoms with Gasteiger partial charge in [0.25, 0.3) is 11.6 Å². The fourth-order valence-electron chi connectivity index (χ4n) is 3.54. The summed E-state index contributed by atoms with van der Waals surface area (Å²) in [4.78, 5) is 26.6. The van der Waals surface area contributed by atoms with Crippen LogP contribution < -0.4 is 0 Å². The average molecular weight is 398 g/mol. The molecule has 1 atom stereocenters. The van der Waals surface area contributed by atoms with Crippen molar-refractivity contribution in [1.29, 1.82) is 0 Å². The fraction of sp³-hybridized carbons (Fsp3) is 0.263. The second-order valence-electron chi connectivity index (χ2n) is 6.43. The minimum atomic E-state index is -0.435. The van der Waals surface area contributed by atoms with E-state index in [1.54, 1.807) is 30.6 Å². The molecule has 1 amide bonds. The van der Waals surface area contributed by atoms with Gasteiger partial charge in [-0.05, 0) is 17.9 Å². The largest absolute Gasteiger partial charge is 0.385 e. The van der Waals surface area contributed by atoms with E-state index >= 15 is 0 Å². The molecule has 0 spiro atoms. The predicted molar refractivity (Wildman–Crippen MR) is 104 cm³/mol. The van der Waals surface area contributed by atoms with Crippen molar-refractivity contribution in [2.75, 3.05) is 20.3 Å². The number of nitrogens with one attached hydrogen (secondary N) is 1. The standard InChI is InChI=1S/C19H18N4O4S/c1-27-9-4-8-22-18(14-7-3-10-28-14)15-16(20-21-17(15)19(22)24)12-5-2-6-13(11-12)23(25)26/h2-3,5-7,10-11,18H,4,8-9H2,1H3,(H,20,21). The van der Waals surface area contributed by atoms with Crippen LogP contribution >= 0.6 is 11.3 Å². The van der Waals surface area contributed by atoms with Gasteiger partial charge in [0.05, 0.1) is 16.7 Å². The normalized spacial score (nSPS) is 15.8. The summed E-state index contributed by atoms with van der Waals surface area (Å²) in [5, 5.41) is 20.3. The molecule has 0 fully saturated rings. The Kier molecular flexibility index (Phi) is 4.93. The summed E-state index contributed by atoms with van der Waals surface area (Å²) in [5.74, 6) is -0.117. The molecule has 3 heterocycles. The Balaban J connectivity index is 1.80. The first-order chi connectivity index (χ1) is 13.6. The van der Waals surface area contributed by atoms with Gasteiger partial charge in [0.2, 0.25) is 0 Å². The number of H-pyrrole nitrogens is 1. The molecular weight excluding hydrogens is 380 g/mol. The number of non-ortho nitro benzene ring substituents is 1. The third kappa shape index (κ3) is 3.08. The zero-order chi connectivity index (χ0) is 19.7. The highest BCUT2D eigenvalue weighted by Gasteiger charge is 2.42. The van der Waals surface area contributed by atoms with Crippen LogP contribution in [0.5, 0.6) is 0 Å². The minimum absolute atomic E-state index is 0.0109. The number of rotatable bonds is 7. The number of hydrogen-bond acceptors (Lipinski definition) is 6. The molecule has 0 saturated heterocycles. The van der Waals surface area contributed by atoms with Crippen LogP contribution in [0.15, 0.2) is 41.8 Å². The minimum Gasteiger partial charge on any atom is -0.385 e. The smallest absolute Gasteiger partial charge is 0.273 e. The van der Waals surface area contributed by atoms with Gasteiger partial charge in [0, 0.05) is 48.4 Å². The number of methoxy groups -OCH3 is 1. The molecule has 0 radical (unpaired) electrons. The topological polar surface area (TPSA) is 101 Å². The fourth-order valence-corrected chi connectivity index (χ4v) is 4.38. The van der Waals surface area contributed by atoms with Crippen LogP contribution in [0.2, 0.25) is 0 Å². The van der Waals surface area contributed by atoms with E-state index in [-0.39, 0.29) is 17.6 Å². The van der Waals surface area contributed by atoms with Crippen molar-refractivity contribution in [3.8, 4) is 11.3 Å². The first-order valence-corrected chi connectivity index (χ1v) is 9.66. The monoisotopic (exact) mass is 398 g/mol. The van der Waals surface area contributed by atoms with Crippen molar-refractivity contribution in [3.63, 3.8) is 0 Å². The lowest BCUT2D eigenvalue weighted by atomic mass is 10.0. The Bertz CT molecular complexity index is 1010. The molecule has 0 saturated carbocycles. The summed E-state index contributed by atoms with van der Waals surface area (Å²) in [6, 6.07) is 9.99. The first kappa shape index (κ1) is 18.3. The zero-order valence-corrected chi connectivity index (χ0v) is 15.9. The number of nitro groups is 1. The lowest BCUT2D eigenvalue weighted by Gasteiger charge is -2.25. The van der Waals surface area contributed by atoms with Gasteiger partial charge in [-0.15, -0.1) is 11.3 Å². The number of amides is 1. The Hall–Kier alpha value is -3.04. The number of ether oxygens (including phenoxy) is 1. The molecule has 0 aliphatic carbocycles. The Morgan fingerprint density at radius 1 is 1.36 bits per heavy atom. The number of nitrogens with zero attached hydrogens (tertiary/aromatic N) is 3. The number of aromatic amines is 1. The van der Waals surface area contributed by atoms with E-state index in [1.165, 1.54) is 12.1 Å². The number of aromatic nitrogens is 2. The third-order valence-corrected chi connectivity index (χ3v) is 5.68. The van der Waals surface area contributed by atoms with Crippen LogP contribution in [0, 0.1) is 10.1 Å². The van der Waals surface area contributed by atoms with Gasteiger partial charge in [-0.1, -0.05) is 18.2 Å². The summed E-state index contributed by atoms with van der Waals surface area (Å²) in [6.07, 6.45) is 0.716. The molecule has 4 rings (SSSR count). The number of nitro benzene ring substituents is 1. The van der Waals surface area contributed by atoms with Crippen LogP contribution in [0.25, 0.3) is 11.3 Å². The Labute approximate surface area is 164 Å². The molecule has 8 nitrogen and oxygen atoms in total. The predicted octanol–water partition coefficient (Wildman–Crippen LogP) is 3.63. The molecule has 1 aromatic carbocycles. The lowest BCUT2D eigenvalue weighted by Crippen LogP contribution is -2.30. The summed E-state index contributed by atoms with van der Waals surface area (Å²) < 4.78 is 5.13. The van der Waals surface area contributed by atoms with Crippen LogP contribution in [0.1, 0.15) is 33.4 Å². The van der Waals surface area contributed by atoms with Gasteiger partial charge < -0.3 is 9.64 Å². The van der Waals surface area contributed by atoms with Crippen molar-refractivity contribution in [2.24, 2.45) is 0 Å². The Morgan fingerprint density at radius 3 is 2.93 bits per heavy atom. The summed E-state index contributed by atoms with van der Waals surface area (Å²) in [7, 11) is 1.63. The molecule has 28 heavy (non-hydrogen) atoms. The van der Waals surface area contributed by atoms with Crippen LogP contribution in [0.4, 0.5) is 5.69 Å². The van der Waals surface area contributed by atoms with Crippen LogP contribution in [-0.4, -0.2) is 46.2 Å². The van der Waals surface area contributed by atoms with Crippen molar-refractivity contribution in [1.82, 2.24) is 15.1 Å². The van der Waals surface area contributed by atoms with E-state index in [1.807, 2.05) is 22.4 Å². The number of hydrogen-bond donors (Lipinski definition) is 1. The van der Waals surface area contributed by atoms with E-state index in [9.17, 15) is 14.9 Å². The summed E-state index contributed by atoms with van der Waals surface area (Å²) >= 11 is 1.57. The van der Waals surface area contributed by atoms with Gasteiger partial charge in [-0.3, -0.25) is 20.0 Å². The molecule has 1 aliphatic heterocycles. The molecular formula is C19H18N4O4S. The molecule has 2 aromatic heterocycles. The zero-order valence-electron chi connectivity index (χ0n) is 15.1. The molecule has 3 aromatic rings. The van der Waals surface area contributed by atoms with Gasteiger partial charge >= 0.3 is 0 Å². The lowest BCUT2D eigenvalue weighted by molar-refractivity contribution is -0.384. The van der Waals surface area contributed by atoms with Crippen molar-refractivity contribution in [2.45, 2.75) is 12.5 Å². The molecule has 1 unspecified atom stereocenters. The maximum atomic E-state index is 13.0. The van der Waals surface area contributed by atoms with E-state index in [0.717, 1.165) is 10.4 Å². The van der Waals surface area contributed by atoms with Crippen molar-refractivity contribution >= 4 is 22.9 Å². The number of carbonyl (C=O) groups is 1. The highest BCUT2D eigenvalue weighted by atomic mass is 32.1. The van der Waals surface area contributed by atoms with Crippen LogP contribution in [-0.2, 0) is 4.74 Å². The quantitative estimate of drug-likeness (QED) is 0.372. The van der Waals surface area contributed by atoms with Crippen molar-refractivity contribution in [3.05, 3.63) is 68.0 Å². The van der Waals surface area contributed by atoms with E-state index < -0.39 is 4.92 Å². The van der Waals surface area contributed by atoms with Gasteiger partial charge in [0.1, 0.15) is 5.69 Å². The van der Waals surface area contributed by atoms with E-state index in [2.05, 4.69) is 10.2 Å². The molecule has 0 bridgehead atoms. The number of carbonyl (C=O) groups excluding carboxylic acids is 1. The molecule has 144 valence electrons. The number of benzene rings is 1. The second kappa shape index (κ2) is 7.53. The van der Waals surface area contributed by atoms with Gasteiger partial charge in [0.15, 0.2) is 0 Å². The summed E-state index contributed by atoms with van der Waals surface area (Å²) in [5.41, 5.74) is 2.38. The van der Waals surface area contributed by atoms with E-state index in [4.69, 9.17) is 4.74 Å². The SMILES string of the molecule is COCCCN1C(=O)c2[nH]nc(-c3cccc([N+](=O)[O-])c3)c2C1c1cccs1. The maximum Gasteiger partial charge on any atom is 0.273 e. The Morgan fingerprint density at radius 2 is 2.21 bits per heavy atom. The highest BCUT2D eigenvalue weighted by Crippen LogP contribution is 2.44. The first-order valence-electron chi connectivity index (χ1n) is 8.78. The maximum absolute atomic E-state index is 13.0. The number of thiophene rings is 1. The molecule has 1 N–H and O–H groups in total. The van der Waals surface area contributed by atoms with Gasteiger partial charge in [-0.2, -0.15) is 5.10 Å². The average Bonchev–Trinajstić information content (AvgIpc) is 3.41. The van der Waals surface area contributed by atoms with Crippen molar-refractivity contribution < 1.29 is 14.5 Å². The third-order valence-electron chi connectivity index (χ3n) is 4.75. The second-order valence-corrected chi connectivity index (χ2v) is 7.41. The van der Waals surface area contributed by atoms with Crippen LogP contribution in [0.3, 0.4) is 0 Å². The highest BCUT2D eigenvalue weighted by molar-refractivity contribution is 7.10. The van der Waals surface area contributed by atoms with Gasteiger partial charge in [-0.25, -0.2) is 0 Å². The molecule has 1 aliphatic rings.